The molecule has 0 aliphatic heterocycles. The van der Waals surface area contributed by atoms with Gasteiger partial charge >= 0.3 is 5.97 Å². The quantitative estimate of drug-likeness (QED) is 0.694. The van der Waals surface area contributed by atoms with Crippen molar-refractivity contribution in [3.8, 4) is 11.5 Å². The van der Waals surface area contributed by atoms with Crippen LogP contribution in [0.4, 0.5) is 0 Å². The maximum Gasteiger partial charge on any atom is 0.338 e. The molecule has 1 aromatic rings. The maximum atomic E-state index is 12.2. The van der Waals surface area contributed by atoms with Gasteiger partial charge in [0.15, 0.2) is 18.1 Å². The van der Waals surface area contributed by atoms with E-state index < -0.39 is 5.97 Å². The molecule has 0 saturated heterocycles. The van der Waals surface area contributed by atoms with Crippen LogP contribution in [0.2, 0.25) is 5.02 Å². The van der Waals surface area contributed by atoms with Crippen LogP contribution in [-0.4, -0.2) is 38.2 Å². The fourth-order valence-electron chi connectivity index (χ4n) is 2.78. The van der Waals surface area contributed by atoms with E-state index in [9.17, 15) is 9.59 Å². The van der Waals surface area contributed by atoms with Gasteiger partial charge in [-0.25, -0.2) is 4.79 Å². The van der Waals surface area contributed by atoms with Crippen LogP contribution in [-0.2, 0) is 9.53 Å². The molecule has 7 heteroatoms. The number of hydrogen-bond donors (Lipinski definition) is 1. The summed E-state index contributed by atoms with van der Waals surface area (Å²) in [5, 5.41) is 3.13. The van der Waals surface area contributed by atoms with Gasteiger partial charge in [0.25, 0.3) is 5.91 Å². The average Bonchev–Trinajstić information content (AvgIpc) is 3.10. The number of benzene rings is 1. The second-order valence-electron chi connectivity index (χ2n) is 6.82. The molecular weight excluding hydrogens is 358 g/mol. The van der Waals surface area contributed by atoms with Crippen molar-refractivity contribution in [3.63, 3.8) is 0 Å². The van der Waals surface area contributed by atoms with E-state index in [4.69, 9.17) is 25.8 Å². The van der Waals surface area contributed by atoms with Crippen molar-refractivity contribution in [1.29, 1.82) is 0 Å². The summed E-state index contributed by atoms with van der Waals surface area (Å²) in [6.07, 6.45) is 4.19. The summed E-state index contributed by atoms with van der Waals surface area (Å²) in [5.41, 5.74) is 0.206. The number of halogens is 1. The third kappa shape index (κ3) is 5.80. The Morgan fingerprint density at radius 1 is 1.27 bits per heavy atom. The standard InChI is InChI=1S/C19H26ClNO5/c1-12(2)10-25-18-15(20)8-13(9-16(18)24-3)19(23)26-11-17(22)21-14-6-4-5-7-14/h8-9,12,14H,4-7,10-11H2,1-3H3,(H,21,22). The van der Waals surface area contributed by atoms with Gasteiger partial charge in [-0.05, 0) is 30.9 Å². The molecule has 1 aromatic carbocycles. The number of amides is 1. The first-order valence-electron chi connectivity index (χ1n) is 8.87. The largest absolute Gasteiger partial charge is 0.493 e. The van der Waals surface area contributed by atoms with E-state index in [1.807, 2.05) is 13.8 Å². The Labute approximate surface area is 159 Å². The van der Waals surface area contributed by atoms with Crippen LogP contribution in [0.1, 0.15) is 49.9 Å². The summed E-state index contributed by atoms with van der Waals surface area (Å²) in [4.78, 5) is 24.1. The van der Waals surface area contributed by atoms with E-state index in [2.05, 4.69) is 5.32 Å². The van der Waals surface area contributed by atoms with E-state index in [0.29, 0.717) is 24.0 Å². The number of hydrogen-bond acceptors (Lipinski definition) is 5. The van der Waals surface area contributed by atoms with Crippen LogP contribution >= 0.6 is 11.6 Å². The molecule has 1 amide bonds. The third-order valence-electron chi connectivity index (χ3n) is 4.08. The number of rotatable bonds is 8. The molecule has 1 aliphatic rings. The smallest absolute Gasteiger partial charge is 0.338 e. The molecule has 0 heterocycles. The average molecular weight is 384 g/mol. The number of carbonyl (C=O) groups is 2. The first-order chi connectivity index (χ1) is 12.4. The number of nitrogens with one attached hydrogen (secondary N) is 1. The van der Waals surface area contributed by atoms with E-state index in [1.54, 1.807) is 0 Å². The lowest BCUT2D eigenvalue weighted by atomic mass is 10.2. The van der Waals surface area contributed by atoms with Gasteiger partial charge in [-0.15, -0.1) is 0 Å². The molecule has 6 nitrogen and oxygen atoms in total. The van der Waals surface area contributed by atoms with Crippen molar-refractivity contribution in [2.24, 2.45) is 5.92 Å². The minimum atomic E-state index is -0.637. The van der Waals surface area contributed by atoms with Gasteiger partial charge in [-0.3, -0.25) is 4.79 Å². The van der Waals surface area contributed by atoms with E-state index in [0.717, 1.165) is 25.7 Å². The molecule has 0 atom stereocenters. The van der Waals surface area contributed by atoms with Crippen LogP contribution in [0.15, 0.2) is 12.1 Å². The summed E-state index contributed by atoms with van der Waals surface area (Å²) in [6.45, 7) is 4.19. The predicted octanol–water partition coefficient (Wildman–Crippen LogP) is 3.60. The second kappa shape index (κ2) is 9.67. The molecule has 26 heavy (non-hydrogen) atoms. The molecule has 1 aliphatic carbocycles. The lowest BCUT2D eigenvalue weighted by molar-refractivity contribution is -0.124. The molecule has 1 N–H and O–H groups in total. The summed E-state index contributed by atoms with van der Waals surface area (Å²) in [6, 6.07) is 3.14. The Kier molecular flexibility index (Phi) is 7.57. The van der Waals surface area contributed by atoms with Crippen molar-refractivity contribution in [2.75, 3.05) is 20.3 Å². The van der Waals surface area contributed by atoms with Crippen molar-refractivity contribution < 1.29 is 23.8 Å². The zero-order valence-electron chi connectivity index (χ0n) is 15.5. The molecule has 0 spiro atoms. The number of esters is 1. The van der Waals surface area contributed by atoms with Crippen molar-refractivity contribution in [3.05, 3.63) is 22.7 Å². The minimum Gasteiger partial charge on any atom is -0.493 e. The Morgan fingerprint density at radius 2 is 1.96 bits per heavy atom. The molecule has 1 fully saturated rings. The number of carbonyl (C=O) groups excluding carboxylic acids is 2. The topological polar surface area (TPSA) is 73.9 Å². The first-order valence-corrected chi connectivity index (χ1v) is 9.25. The highest BCUT2D eigenvalue weighted by Crippen LogP contribution is 2.36. The first kappa shape index (κ1) is 20.4. The summed E-state index contributed by atoms with van der Waals surface area (Å²) in [5.74, 6) is 0.125. The molecule has 1 saturated carbocycles. The molecule has 0 unspecified atom stereocenters. The Morgan fingerprint density at radius 3 is 2.58 bits per heavy atom. The van der Waals surface area contributed by atoms with E-state index in [-0.39, 0.29) is 29.1 Å². The van der Waals surface area contributed by atoms with Crippen LogP contribution < -0.4 is 14.8 Å². The van der Waals surface area contributed by atoms with Crippen LogP contribution in [0.5, 0.6) is 11.5 Å². The van der Waals surface area contributed by atoms with E-state index >= 15 is 0 Å². The fraction of sp³-hybridized carbons (Fsp3) is 0.579. The van der Waals surface area contributed by atoms with Crippen molar-refractivity contribution in [1.82, 2.24) is 5.32 Å². The normalized spacial score (nSPS) is 14.3. The van der Waals surface area contributed by atoms with Gasteiger partial charge in [0.05, 0.1) is 24.3 Å². The minimum absolute atomic E-state index is 0.188. The summed E-state index contributed by atoms with van der Waals surface area (Å²) < 4.78 is 16.0. The second-order valence-corrected chi connectivity index (χ2v) is 7.23. The van der Waals surface area contributed by atoms with Gasteiger partial charge in [0, 0.05) is 6.04 Å². The monoisotopic (exact) mass is 383 g/mol. The van der Waals surface area contributed by atoms with Gasteiger partial charge in [-0.2, -0.15) is 0 Å². The molecule has 144 valence electrons. The summed E-state index contributed by atoms with van der Waals surface area (Å²) >= 11 is 6.22. The zero-order valence-corrected chi connectivity index (χ0v) is 16.2. The van der Waals surface area contributed by atoms with Crippen molar-refractivity contribution in [2.45, 2.75) is 45.6 Å². The molecule has 0 aromatic heterocycles. The van der Waals surface area contributed by atoms with Crippen LogP contribution in [0.3, 0.4) is 0 Å². The lowest BCUT2D eigenvalue weighted by Crippen LogP contribution is -2.35. The van der Waals surface area contributed by atoms with Gasteiger partial charge < -0.3 is 19.5 Å². The highest BCUT2D eigenvalue weighted by Gasteiger charge is 2.20. The SMILES string of the molecule is COc1cc(C(=O)OCC(=O)NC2CCCC2)cc(Cl)c1OCC(C)C. The Balaban J connectivity index is 1.97. The highest BCUT2D eigenvalue weighted by molar-refractivity contribution is 6.32. The lowest BCUT2D eigenvalue weighted by Gasteiger charge is -2.15. The Bertz CT molecular complexity index is 641. The van der Waals surface area contributed by atoms with Crippen LogP contribution in [0.25, 0.3) is 0 Å². The van der Waals surface area contributed by atoms with Gasteiger partial charge in [0.2, 0.25) is 0 Å². The predicted molar refractivity (Wildman–Crippen MR) is 99.0 cm³/mol. The highest BCUT2D eigenvalue weighted by atomic mass is 35.5. The number of ether oxygens (including phenoxy) is 3. The fourth-order valence-corrected chi connectivity index (χ4v) is 3.05. The third-order valence-corrected chi connectivity index (χ3v) is 4.36. The molecule has 2 rings (SSSR count). The maximum absolute atomic E-state index is 12.2. The zero-order chi connectivity index (χ0) is 19.1. The molecule has 0 bridgehead atoms. The Hall–Kier alpha value is -1.95. The van der Waals surface area contributed by atoms with Crippen molar-refractivity contribution >= 4 is 23.5 Å². The van der Waals surface area contributed by atoms with E-state index in [1.165, 1.54) is 19.2 Å². The van der Waals surface area contributed by atoms with Gasteiger partial charge in [0.1, 0.15) is 0 Å². The van der Waals surface area contributed by atoms with Gasteiger partial charge in [-0.1, -0.05) is 38.3 Å². The molecule has 0 radical (unpaired) electrons. The number of methoxy groups -OCH3 is 1. The van der Waals surface area contributed by atoms with Crippen LogP contribution in [0, 0.1) is 5.92 Å². The molecular formula is C19H26ClNO5. The summed E-state index contributed by atoms with van der Waals surface area (Å²) in [7, 11) is 1.47.